The number of hydrogen-bond acceptors (Lipinski definition) is 4. The van der Waals surface area contributed by atoms with E-state index in [1.54, 1.807) is 12.1 Å². The van der Waals surface area contributed by atoms with Crippen LogP contribution in [0.25, 0.3) is 0 Å². The van der Waals surface area contributed by atoms with Crippen LogP contribution in [0.5, 0.6) is 0 Å². The summed E-state index contributed by atoms with van der Waals surface area (Å²) in [5, 5.41) is 0. The Hall–Kier alpha value is -1.66. The summed E-state index contributed by atoms with van der Waals surface area (Å²) in [5.41, 5.74) is 2.81. The highest BCUT2D eigenvalue weighted by molar-refractivity contribution is 9.10. The Bertz CT molecular complexity index is 693. The molecule has 0 saturated carbocycles. The summed E-state index contributed by atoms with van der Waals surface area (Å²) < 4.78 is 10.9. The lowest BCUT2D eigenvalue weighted by atomic mass is 10.0. The van der Waals surface area contributed by atoms with Gasteiger partial charge in [-0.25, -0.2) is 9.59 Å². The van der Waals surface area contributed by atoms with Crippen LogP contribution in [0.3, 0.4) is 0 Å². The second-order valence-corrected chi connectivity index (χ2v) is 6.50. The molecule has 6 heteroatoms. The van der Waals surface area contributed by atoms with Gasteiger partial charge < -0.3 is 9.47 Å². The number of carbonyl (C=O) groups excluding carboxylic acids is 2. The molecule has 2 rings (SSSR count). The minimum Gasteiger partial charge on any atom is -0.465 e. The van der Waals surface area contributed by atoms with Crippen molar-refractivity contribution in [3.63, 3.8) is 0 Å². The second kappa shape index (κ2) is 7.75. The van der Waals surface area contributed by atoms with E-state index in [1.165, 1.54) is 14.2 Å². The van der Waals surface area contributed by atoms with Crippen molar-refractivity contribution < 1.29 is 19.1 Å². The molecular formula is C17H14Br2O4. The lowest BCUT2D eigenvalue weighted by molar-refractivity contribution is 0.0591. The van der Waals surface area contributed by atoms with E-state index in [4.69, 9.17) is 9.47 Å². The first-order valence-electron chi connectivity index (χ1n) is 6.69. The molecule has 0 aromatic heterocycles. The van der Waals surface area contributed by atoms with E-state index in [0.29, 0.717) is 26.5 Å². The molecule has 0 atom stereocenters. The van der Waals surface area contributed by atoms with Crippen LogP contribution < -0.4 is 0 Å². The Balaban J connectivity index is 2.33. The standard InChI is InChI=1S/C17H14Br2O4/c1-22-16(20)12-8-10(3-5-14(12)18)7-11-4-6-15(19)13(9-11)17(21)23-2/h3-6,8-9H,7H2,1-2H3. The molecular weight excluding hydrogens is 428 g/mol. The smallest absolute Gasteiger partial charge is 0.339 e. The Kier molecular flexibility index (Phi) is 5.96. The first-order chi connectivity index (χ1) is 11.0. The van der Waals surface area contributed by atoms with Crippen LogP contribution in [0.15, 0.2) is 45.3 Å². The quantitative estimate of drug-likeness (QED) is 0.661. The molecule has 0 aliphatic carbocycles. The van der Waals surface area contributed by atoms with Gasteiger partial charge in [-0.1, -0.05) is 12.1 Å². The van der Waals surface area contributed by atoms with Crippen molar-refractivity contribution in [1.29, 1.82) is 0 Å². The summed E-state index contributed by atoms with van der Waals surface area (Å²) in [4.78, 5) is 23.5. The van der Waals surface area contributed by atoms with E-state index in [-0.39, 0.29) is 0 Å². The Morgan fingerprint density at radius 3 is 1.57 bits per heavy atom. The summed E-state index contributed by atoms with van der Waals surface area (Å²) >= 11 is 6.68. The monoisotopic (exact) mass is 440 g/mol. The molecule has 0 saturated heterocycles. The normalized spacial score (nSPS) is 10.3. The van der Waals surface area contributed by atoms with Crippen molar-refractivity contribution in [3.8, 4) is 0 Å². The number of rotatable bonds is 4. The van der Waals surface area contributed by atoms with E-state index < -0.39 is 11.9 Å². The predicted molar refractivity (Wildman–Crippen MR) is 93.8 cm³/mol. The summed E-state index contributed by atoms with van der Waals surface area (Å²) in [6.07, 6.45) is 0.578. The van der Waals surface area contributed by atoms with Crippen LogP contribution in [-0.2, 0) is 15.9 Å². The fourth-order valence-corrected chi connectivity index (χ4v) is 2.95. The molecule has 0 aliphatic rings. The predicted octanol–water partition coefficient (Wildman–Crippen LogP) is 4.38. The maximum atomic E-state index is 11.7. The number of ether oxygens (including phenoxy) is 2. The lowest BCUT2D eigenvalue weighted by Crippen LogP contribution is -2.05. The number of halogens is 2. The number of hydrogen-bond donors (Lipinski definition) is 0. The van der Waals surface area contributed by atoms with Gasteiger partial charge >= 0.3 is 11.9 Å². The summed E-state index contributed by atoms with van der Waals surface area (Å²) in [5.74, 6) is -0.797. The van der Waals surface area contributed by atoms with Crippen LogP contribution in [0, 0.1) is 0 Å². The van der Waals surface area contributed by atoms with E-state index >= 15 is 0 Å². The average Bonchev–Trinajstić information content (AvgIpc) is 2.56. The fraction of sp³-hybridized carbons (Fsp3) is 0.176. The van der Waals surface area contributed by atoms with Crippen LogP contribution >= 0.6 is 31.9 Å². The number of esters is 2. The van der Waals surface area contributed by atoms with Gasteiger partial charge in [0.15, 0.2) is 0 Å². The first-order valence-corrected chi connectivity index (χ1v) is 8.28. The van der Waals surface area contributed by atoms with E-state index in [0.717, 1.165) is 11.1 Å². The van der Waals surface area contributed by atoms with Crippen LogP contribution in [0.4, 0.5) is 0 Å². The molecule has 4 nitrogen and oxygen atoms in total. The average molecular weight is 442 g/mol. The van der Waals surface area contributed by atoms with Crippen molar-refractivity contribution in [2.24, 2.45) is 0 Å². The summed E-state index contributed by atoms with van der Waals surface area (Å²) in [6.45, 7) is 0. The summed E-state index contributed by atoms with van der Waals surface area (Å²) in [6, 6.07) is 11.0. The van der Waals surface area contributed by atoms with Gasteiger partial charge in [0.25, 0.3) is 0 Å². The molecule has 23 heavy (non-hydrogen) atoms. The molecule has 0 heterocycles. The third kappa shape index (κ3) is 4.20. The van der Waals surface area contributed by atoms with Crippen molar-refractivity contribution in [1.82, 2.24) is 0 Å². The molecule has 0 amide bonds. The molecule has 0 N–H and O–H groups in total. The van der Waals surface area contributed by atoms with Gasteiger partial charge in [0, 0.05) is 8.95 Å². The number of carbonyl (C=O) groups is 2. The number of benzene rings is 2. The van der Waals surface area contributed by atoms with Gasteiger partial charge in [-0.15, -0.1) is 0 Å². The van der Waals surface area contributed by atoms with Gasteiger partial charge in [-0.3, -0.25) is 0 Å². The second-order valence-electron chi connectivity index (χ2n) is 4.79. The van der Waals surface area contributed by atoms with Gasteiger partial charge in [0.1, 0.15) is 0 Å². The van der Waals surface area contributed by atoms with Gasteiger partial charge in [0.2, 0.25) is 0 Å². The zero-order valence-electron chi connectivity index (χ0n) is 12.6. The molecule has 0 aliphatic heterocycles. The van der Waals surface area contributed by atoms with E-state index in [2.05, 4.69) is 31.9 Å². The Labute approximate surface area is 151 Å². The Morgan fingerprint density at radius 1 is 0.826 bits per heavy atom. The number of methoxy groups -OCH3 is 2. The highest BCUT2D eigenvalue weighted by atomic mass is 79.9. The SMILES string of the molecule is COC(=O)c1cc(Cc2ccc(Br)c(C(=O)OC)c2)ccc1Br. The lowest BCUT2D eigenvalue weighted by Gasteiger charge is -2.09. The fourth-order valence-electron chi connectivity index (χ4n) is 2.13. The molecule has 0 spiro atoms. The molecule has 2 aromatic carbocycles. The molecule has 0 unspecified atom stereocenters. The molecule has 0 radical (unpaired) electrons. The van der Waals surface area contributed by atoms with Crippen molar-refractivity contribution in [2.75, 3.05) is 14.2 Å². The van der Waals surface area contributed by atoms with E-state index in [9.17, 15) is 9.59 Å². The van der Waals surface area contributed by atoms with Gasteiger partial charge in [0.05, 0.1) is 25.3 Å². The van der Waals surface area contributed by atoms with Crippen LogP contribution in [0.2, 0.25) is 0 Å². The maximum absolute atomic E-state index is 11.7. The van der Waals surface area contributed by atoms with Gasteiger partial charge in [-0.05, 0) is 73.7 Å². The van der Waals surface area contributed by atoms with Crippen molar-refractivity contribution in [3.05, 3.63) is 67.6 Å². The summed E-state index contributed by atoms with van der Waals surface area (Å²) in [7, 11) is 2.69. The topological polar surface area (TPSA) is 52.6 Å². The minimum absolute atomic E-state index is 0.398. The van der Waals surface area contributed by atoms with Crippen LogP contribution in [0.1, 0.15) is 31.8 Å². The molecule has 2 aromatic rings. The third-order valence-corrected chi connectivity index (χ3v) is 4.66. The molecule has 0 fully saturated rings. The largest absolute Gasteiger partial charge is 0.465 e. The van der Waals surface area contributed by atoms with Crippen molar-refractivity contribution >= 4 is 43.8 Å². The zero-order valence-corrected chi connectivity index (χ0v) is 15.7. The highest BCUT2D eigenvalue weighted by Crippen LogP contribution is 2.24. The highest BCUT2D eigenvalue weighted by Gasteiger charge is 2.13. The molecule has 120 valence electrons. The van der Waals surface area contributed by atoms with Crippen LogP contribution in [-0.4, -0.2) is 26.2 Å². The zero-order chi connectivity index (χ0) is 17.0. The first kappa shape index (κ1) is 17.7. The van der Waals surface area contributed by atoms with E-state index in [1.807, 2.05) is 24.3 Å². The minimum atomic E-state index is -0.398. The van der Waals surface area contributed by atoms with Gasteiger partial charge in [-0.2, -0.15) is 0 Å². The van der Waals surface area contributed by atoms with Crippen molar-refractivity contribution in [2.45, 2.75) is 6.42 Å². The maximum Gasteiger partial charge on any atom is 0.339 e. The third-order valence-electron chi connectivity index (χ3n) is 3.28. The Morgan fingerprint density at radius 2 is 1.22 bits per heavy atom. The molecule has 0 bridgehead atoms.